The molecule has 0 saturated carbocycles. The Balaban J connectivity index is 1.80. The van der Waals surface area contributed by atoms with Crippen LogP contribution in [0.1, 0.15) is 17.3 Å². The summed E-state index contributed by atoms with van der Waals surface area (Å²) in [5, 5.41) is 14.3. The average molecular weight is 491 g/mol. The Morgan fingerprint density at radius 3 is 2.34 bits per heavy atom. The number of hydrogen-bond acceptors (Lipinski definition) is 9. The van der Waals surface area contributed by atoms with Crippen molar-refractivity contribution in [2.45, 2.75) is 19.0 Å². The van der Waals surface area contributed by atoms with Crippen LogP contribution in [0.25, 0.3) is 0 Å². The number of aliphatic hydroxyl groups excluding tert-OH is 1. The lowest BCUT2D eigenvalue weighted by atomic mass is 10.0. The van der Waals surface area contributed by atoms with Gasteiger partial charge in [-0.05, 0) is 51.4 Å². The van der Waals surface area contributed by atoms with E-state index < -0.39 is 29.6 Å². The lowest BCUT2D eigenvalue weighted by molar-refractivity contribution is -0.121. The van der Waals surface area contributed by atoms with Gasteiger partial charge in [0.2, 0.25) is 5.91 Å². The summed E-state index contributed by atoms with van der Waals surface area (Å²) in [7, 11) is 3.95. The van der Waals surface area contributed by atoms with Crippen LogP contribution in [0.3, 0.4) is 0 Å². The summed E-state index contributed by atoms with van der Waals surface area (Å²) in [6.07, 6.45) is 1.53. The Kier molecular flexibility index (Phi) is 11.0. The maximum Gasteiger partial charge on any atom is 0.349 e. The summed E-state index contributed by atoms with van der Waals surface area (Å²) in [5.41, 5.74) is 4.46. The quantitative estimate of drug-likeness (QED) is 0.261. The van der Waals surface area contributed by atoms with Crippen LogP contribution in [-0.4, -0.2) is 90.6 Å². The van der Waals surface area contributed by atoms with Crippen LogP contribution < -0.4 is 22.1 Å². The monoisotopic (exact) mass is 490 g/mol. The highest BCUT2D eigenvalue weighted by molar-refractivity contribution is 6.04. The highest BCUT2D eigenvalue weighted by Gasteiger charge is 2.27. The van der Waals surface area contributed by atoms with E-state index in [1.807, 2.05) is 19.0 Å². The summed E-state index contributed by atoms with van der Waals surface area (Å²) in [4.78, 5) is 42.6. The number of aliphatic hydroxyl groups is 1. The van der Waals surface area contributed by atoms with Gasteiger partial charge in [0.25, 0.3) is 5.91 Å². The average Bonchev–Trinajstić information content (AvgIpc) is 2.82. The first-order valence-electron chi connectivity index (χ1n) is 11.1. The number of anilines is 2. The van der Waals surface area contributed by atoms with Crippen LogP contribution in [0.15, 0.2) is 41.3 Å². The molecule has 0 bridgehead atoms. The van der Waals surface area contributed by atoms with E-state index in [-0.39, 0.29) is 5.82 Å². The highest BCUT2D eigenvalue weighted by atomic mass is 16.5. The second-order valence-electron chi connectivity index (χ2n) is 8.38. The molecule has 2 rings (SSSR count). The lowest BCUT2D eigenvalue weighted by Gasteiger charge is -2.20. The molecule has 2 amide bonds. The van der Waals surface area contributed by atoms with Gasteiger partial charge < -0.3 is 35.8 Å². The Bertz CT molecular complexity index is 1020. The number of rotatable bonds is 14. The largest absolute Gasteiger partial charge is 0.394 e. The minimum absolute atomic E-state index is 0.116. The first kappa shape index (κ1) is 28.1. The molecule has 12 heteroatoms. The Hall–Kier alpha value is -3.16. The molecule has 192 valence electrons. The predicted octanol–water partition coefficient (Wildman–Crippen LogP) is -0.261. The van der Waals surface area contributed by atoms with E-state index in [1.165, 1.54) is 48.0 Å². The van der Waals surface area contributed by atoms with Crippen molar-refractivity contribution in [3.63, 3.8) is 0 Å². The zero-order valence-corrected chi connectivity index (χ0v) is 20.3. The van der Waals surface area contributed by atoms with Crippen molar-refractivity contribution in [1.82, 2.24) is 14.5 Å². The van der Waals surface area contributed by atoms with Crippen molar-refractivity contribution >= 4 is 23.3 Å². The first-order chi connectivity index (χ1) is 16.6. The summed E-state index contributed by atoms with van der Waals surface area (Å²) in [5.74, 6) is -0.907. The summed E-state index contributed by atoms with van der Waals surface area (Å²) in [6, 6.07) is 7.58. The smallest absolute Gasteiger partial charge is 0.349 e. The fourth-order valence-corrected chi connectivity index (χ4v) is 2.64. The van der Waals surface area contributed by atoms with Gasteiger partial charge in [0.05, 0.1) is 39.6 Å². The van der Waals surface area contributed by atoms with Gasteiger partial charge in [-0.2, -0.15) is 4.98 Å². The van der Waals surface area contributed by atoms with Crippen LogP contribution in [0, 0.1) is 0 Å². The molecule has 0 aliphatic heterocycles. The number of nitrogens with one attached hydrogen (secondary N) is 2. The minimum atomic E-state index is -1.42. The molecule has 0 spiro atoms. The summed E-state index contributed by atoms with van der Waals surface area (Å²) in [6.45, 7) is 3.93. The van der Waals surface area contributed by atoms with Crippen molar-refractivity contribution in [3.05, 3.63) is 52.6 Å². The first-order valence-corrected chi connectivity index (χ1v) is 11.1. The molecule has 0 aliphatic carbocycles. The molecule has 5 N–H and O–H groups in total. The minimum Gasteiger partial charge on any atom is -0.394 e. The molecule has 1 heterocycles. The maximum absolute atomic E-state index is 12.5. The van der Waals surface area contributed by atoms with E-state index in [4.69, 9.17) is 20.3 Å². The molecule has 12 nitrogen and oxygen atoms in total. The van der Waals surface area contributed by atoms with E-state index in [0.717, 1.165) is 6.54 Å². The Labute approximate surface area is 204 Å². The number of carbonyl (C=O) groups excluding carboxylic acids is 2. The Morgan fingerprint density at radius 2 is 1.74 bits per heavy atom. The van der Waals surface area contributed by atoms with Crippen LogP contribution in [0.5, 0.6) is 0 Å². The molecule has 0 fully saturated rings. The van der Waals surface area contributed by atoms with Gasteiger partial charge in [-0.3, -0.25) is 14.2 Å². The number of amides is 2. The lowest BCUT2D eigenvalue weighted by Crippen LogP contribution is -2.51. The van der Waals surface area contributed by atoms with Crippen molar-refractivity contribution < 1.29 is 24.2 Å². The molecule has 0 aliphatic rings. The van der Waals surface area contributed by atoms with Gasteiger partial charge in [0, 0.05) is 24.0 Å². The SMILES string of the molecule is CN(C)CCOCCOCCn1ccc(NC(=O)c2ccc(NC(=O)[C@@](C)(N)CO)cc2)nc1=O. The van der Waals surface area contributed by atoms with Crippen molar-refractivity contribution in [2.24, 2.45) is 5.73 Å². The molecule has 0 unspecified atom stereocenters. The Morgan fingerprint density at radius 1 is 1.09 bits per heavy atom. The van der Waals surface area contributed by atoms with Crippen LogP contribution in [0.4, 0.5) is 11.5 Å². The zero-order chi connectivity index (χ0) is 25.8. The van der Waals surface area contributed by atoms with Gasteiger partial charge in [0.1, 0.15) is 11.4 Å². The van der Waals surface area contributed by atoms with Gasteiger partial charge in [0.15, 0.2) is 0 Å². The number of nitrogens with two attached hydrogens (primary N) is 1. The fourth-order valence-electron chi connectivity index (χ4n) is 2.64. The molecule has 35 heavy (non-hydrogen) atoms. The second kappa shape index (κ2) is 13.7. The van der Waals surface area contributed by atoms with Crippen molar-refractivity contribution in [3.8, 4) is 0 Å². The van der Waals surface area contributed by atoms with E-state index in [1.54, 1.807) is 0 Å². The third-order valence-electron chi connectivity index (χ3n) is 4.90. The summed E-state index contributed by atoms with van der Waals surface area (Å²) < 4.78 is 12.3. The number of benzene rings is 1. The number of carbonyl (C=O) groups is 2. The number of likely N-dealkylation sites (N-methyl/N-ethyl adjacent to an activating group) is 1. The molecular formula is C23H34N6O6. The van der Waals surface area contributed by atoms with E-state index in [0.29, 0.717) is 44.2 Å². The maximum atomic E-state index is 12.5. The standard InChI is InChI=1S/C23H34N6O6/c1-23(24,16-30)21(32)25-18-6-4-17(5-7-18)20(31)26-19-8-9-29(22(33)27-19)11-13-35-15-14-34-12-10-28(2)3/h4-9,30H,10-16,24H2,1-3H3,(H,25,32)(H,26,27,31,33)/t23-/m0/s1. The van der Waals surface area contributed by atoms with Gasteiger partial charge in [-0.15, -0.1) is 0 Å². The van der Waals surface area contributed by atoms with Crippen molar-refractivity contribution in [2.75, 3.05) is 64.3 Å². The van der Waals surface area contributed by atoms with Gasteiger partial charge >= 0.3 is 5.69 Å². The number of ether oxygens (including phenoxy) is 2. The van der Waals surface area contributed by atoms with Crippen molar-refractivity contribution in [1.29, 1.82) is 0 Å². The molecule has 0 radical (unpaired) electrons. The number of aromatic nitrogens is 2. The van der Waals surface area contributed by atoms with Crippen LogP contribution in [0.2, 0.25) is 0 Å². The molecule has 1 atom stereocenters. The predicted molar refractivity (Wildman–Crippen MR) is 131 cm³/mol. The van der Waals surface area contributed by atoms with Crippen LogP contribution >= 0.6 is 0 Å². The topological polar surface area (TPSA) is 161 Å². The second-order valence-corrected chi connectivity index (χ2v) is 8.38. The van der Waals surface area contributed by atoms with E-state index in [9.17, 15) is 14.4 Å². The zero-order valence-electron chi connectivity index (χ0n) is 20.3. The van der Waals surface area contributed by atoms with Crippen LogP contribution in [-0.2, 0) is 20.8 Å². The van der Waals surface area contributed by atoms with E-state index in [2.05, 4.69) is 15.6 Å². The molecule has 2 aromatic rings. The number of nitrogens with zero attached hydrogens (tertiary/aromatic N) is 3. The van der Waals surface area contributed by atoms with Gasteiger partial charge in [-0.1, -0.05) is 0 Å². The molecular weight excluding hydrogens is 456 g/mol. The third kappa shape index (κ3) is 9.54. The third-order valence-corrected chi connectivity index (χ3v) is 4.90. The highest BCUT2D eigenvalue weighted by Crippen LogP contribution is 2.13. The molecule has 0 saturated heterocycles. The molecule has 1 aromatic heterocycles. The summed E-state index contributed by atoms with van der Waals surface area (Å²) >= 11 is 0. The normalized spacial score (nSPS) is 12.9. The molecule has 1 aromatic carbocycles. The number of hydrogen-bond donors (Lipinski definition) is 4. The van der Waals surface area contributed by atoms with E-state index >= 15 is 0 Å². The fraction of sp³-hybridized carbons (Fsp3) is 0.478. The van der Waals surface area contributed by atoms with Gasteiger partial charge in [-0.25, -0.2) is 4.79 Å².